The number of aromatic nitrogens is 2. The molecule has 8 heteroatoms. The summed E-state index contributed by atoms with van der Waals surface area (Å²) < 4.78 is 47.3. The summed E-state index contributed by atoms with van der Waals surface area (Å²) in [6.07, 6.45) is -2.54. The molecule has 1 aromatic carbocycles. The van der Waals surface area contributed by atoms with Gasteiger partial charge in [0.1, 0.15) is 5.75 Å². The number of nitrogens with one attached hydrogen (secondary N) is 1. The molecule has 1 aromatic heterocycles. The van der Waals surface area contributed by atoms with Gasteiger partial charge in [-0.25, -0.2) is 4.79 Å². The fourth-order valence-electron chi connectivity index (χ4n) is 3.36. The maximum absolute atomic E-state index is 13.6. The summed E-state index contributed by atoms with van der Waals surface area (Å²) in [5, 5.41) is 9.87. The van der Waals surface area contributed by atoms with E-state index >= 15 is 0 Å². The SMILES string of the molecule is CCCCOc1cc(C(F)(F)F)c2c(c1)[nH]c(=O)n2C1CC(C)(O)C1. The average Bonchev–Trinajstić information content (AvgIpc) is 2.78. The van der Waals surface area contributed by atoms with Crippen molar-refractivity contribution in [3.05, 3.63) is 28.2 Å². The standard InChI is InChI=1S/C17H21F3N2O3/c1-3-4-5-25-11-6-12(17(18,19)20)14-13(7-11)21-15(23)22(14)10-8-16(2,24)9-10/h6-7,10,24H,3-5,8-9H2,1-2H3,(H,21,23). The van der Waals surface area contributed by atoms with Gasteiger partial charge in [0.25, 0.3) is 0 Å². The van der Waals surface area contributed by atoms with Crippen LogP contribution in [0.2, 0.25) is 0 Å². The van der Waals surface area contributed by atoms with Crippen LogP contribution in [0.1, 0.15) is 51.1 Å². The van der Waals surface area contributed by atoms with Crippen LogP contribution in [-0.4, -0.2) is 26.9 Å². The number of ether oxygens (including phenoxy) is 1. The molecule has 1 heterocycles. The number of halogens is 3. The van der Waals surface area contributed by atoms with E-state index in [1.807, 2.05) is 6.92 Å². The molecule has 0 radical (unpaired) electrons. The van der Waals surface area contributed by atoms with Crippen LogP contribution in [0.25, 0.3) is 11.0 Å². The van der Waals surface area contributed by atoms with E-state index in [1.54, 1.807) is 6.92 Å². The number of H-pyrrole nitrogens is 1. The normalized spacial score (nSPS) is 23.7. The summed E-state index contributed by atoms with van der Waals surface area (Å²) in [7, 11) is 0. The maximum Gasteiger partial charge on any atom is 0.418 e. The number of benzene rings is 1. The third-order valence-electron chi connectivity index (χ3n) is 4.57. The predicted octanol–water partition coefficient (Wildman–Crippen LogP) is 3.61. The molecule has 0 atom stereocenters. The van der Waals surface area contributed by atoms with Crippen LogP contribution in [-0.2, 0) is 6.18 Å². The van der Waals surface area contributed by atoms with Crippen molar-refractivity contribution in [1.82, 2.24) is 9.55 Å². The first-order chi connectivity index (χ1) is 11.6. The Bertz CT molecular complexity index is 828. The molecule has 2 N–H and O–H groups in total. The van der Waals surface area contributed by atoms with Gasteiger partial charge in [-0.05, 0) is 32.3 Å². The van der Waals surface area contributed by atoms with Gasteiger partial charge in [0.2, 0.25) is 0 Å². The van der Waals surface area contributed by atoms with Crippen LogP contribution in [0.5, 0.6) is 5.75 Å². The Labute approximate surface area is 142 Å². The average molecular weight is 358 g/mol. The summed E-state index contributed by atoms with van der Waals surface area (Å²) >= 11 is 0. The molecular weight excluding hydrogens is 337 g/mol. The second-order valence-corrected chi connectivity index (χ2v) is 6.93. The lowest BCUT2D eigenvalue weighted by Crippen LogP contribution is -2.44. The van der Waals surface area contributed by atoms with E-state index in [4.69, 9.17) is 4.74 Å². The fraction of sp³-hybridized carbons (Fsp3) is 0.588. The van der Waals surface area contributed by atoms with Crippen molar-refractivity contribution in [3.63, 3.8) is 0 Å². The van der Waals surface area contributed by atoms with E-state index in [0.29, 0.717) is 6.61 Å². The van der Waals surface area contributed by atoms with Crippen molar-refractivity contribution >= 4 is 11.0 Å². The quantitative estimate of drug-likeness (QED) is 0.803. The molecule has 1 aliphatic rings. The number of unbranched alkanes of at least 4 members (excludes halogenated alkanes) is 1. The number of aliphatic hydroxyl groups is 1. The highest BCUT2D eigenvalue weighted by Gasteiger charge is 2.43. The number of rotatable bonds is 5. The van der Waals surface area contributed by atoms with E-state index in [0.717, 1.165) is 23.5 Å². The first-order valence-corrected chi connectivity index (χ1v) is 8.33. The van der Waals surface area contributed by atoms with Crippen molar-refractivity contribution in [2.24, 2.45) is 0 Å². The zero-order valence-corrected chi connectivity index (χ0v) is 14.1. The van der Waals surface area contributed by atoms with Crippen molar-refractivity contribution in [3.8, 4) is 5.75 Å². The Hall–Kier alpha value is -1.96. The highest BCUT2D eigenvalue weighted by atomic mass is 19.4. The zero-order valence-electron chi connectivity index (χ0n) is 14.1. The minimum atomic E-state index is -4.62. The third kappa shape index (κ3) is 3.40. The molecule has 0 amide bonds. The van der Waals surface area contributed by atoms with Gasteiger partial charge in [-0.1, -0.05) is 13.3 Å². The van der Waals surface area contributed by atoms with E-state index in [1.165, 1.54) is 6.07 Å². The van der Waals surface area contributed by atoms with E-state index < -0.39 is 29.1 Å². The monoisotopic (exact) mass is 358 g/mol. The lowest BCUT2D eigenvalue weighted by Gasteiger charge is -2.41. The largest absolute Gasteiger partial charge is 0.494 e. The van der Waals surface area contributed by atoms with Gasteiger partial charge in [0, 0.05) is 12.1 Å². The molecule has 0 spiro atoms. The van der Waals surface area contributed by atoms with E-state index in [-0.39, 0.29) is 29.6 Å². The molecule has 0 unspecified atom stereocenters. The molecule has 1 fully saturated rings. The minimum absolute atomic E-state index is 0.0854. The number of alkyl halides is 3. The number of nitrogens with zero attached hydrogens (tertiary/aromatic N) is 1. The summed E-state index contributed by atoms with van der Waals surface area (Å²) in [5.41, 5.74) is -2.54. The second-order valence-electron chi connectivity index (χ2n) is 6.93. The van der Waals surface area contributed by atoms with Crippen LogP contribution in [0.3, 0.4) is 0 Å². The van der Waals surface area contributed by atoms with Crippen LogP contribution >= 0.6 is 0 Å². The molecule has 0 bridgehead atoms. The molecule has 138 valence electrons. The Kier molecular flexibility index (Phi) is 4.35. The number of hydrogen-bond acceptors (Lipinski definition) is 3. The van der Waals surface area contributed by atoms with Gasteiger partial charge in [0.05, 0.1) is 28.8 Å². The van der Waals surface area contributed by atoms with Crippen LogP contribution in [0, 0.1) is 0 Å². The first kappa shape index (κ1) is 17.8. The first-order valence-electron chi connectivity index (χ1n) is 8.33. The number of fused-ring (bicyclic) bond motifs is 1. The number of aromatic amines is 1. The number of imidazole rings is 1. The van der Waals surface area contributed by atoms with Gasteiger partial charge >= 0.3 is 11.9 Å². The molecule has 1 saturated carbocycles. The van der Waals surface area contributed by atoms with E-state index in [9.17, 15) is 23.1 Å². The number of hydrogen-bond donors (Lipinski definition) is 2. The van der Waals surface area contributed by atoms with Crippen LogP contribution < -0.4 is 10.4 Å². The summed E-state index contributed by atoms with van der Waals surface area (Å²) in [6, 6.07) is 1.91. The van der Waals surface area contributed by atoms with Gasteiger partial charge in [-0.2, -0.15) is 13.2 Å². The summed E-state index contributed by atoms with van der Waals surface area (Å²) in [6.45, 7) is 3.88. The predicted molar refractivity (Wildman–Crippen MR) is 86.9 cm³/mol. The Balaban J connectivity index is 2.10. The highest BCUT2D eigenvalue weighted by molar-refractivity contribution is 5.81. The molecule has 2 aromatic rings. The van der Waals surface area contributed by atoms with E-state index in [2.05, 4.69) is 4.98 Å². The molecule has 0 aliphatic heterocycles. The van der Waals surface area contributed by atoms with Gasteiger partial charge in [0.15, 0.2) is 0 Å². The fourth-order valence-corrected chi connectivity index (χ4v) is 3.36. The molecule has 1 aliphatic carbocycles. The molecule has 5 nitrogen and oxygen atoms in total. The Morgan fingerprint density at radius 3 is 2.64 bits per heavy atom. The van der Waals surface area contributed by atoms with Crippen LogP contribution in [0.4, 0.5) is 13.2 Å². The summed E-state index contributed by atoms with van der Waals surface area (Å²) in [5.74, 6) is 0.0854. The van der Waals surface area contributed by atoms with Crippen molar-refractivity contribution in [2.75, 3.05) is 6.61 Å². The lowest BCUT2D eigenvalue weighted by atomic mass is 9.77. The topological polar surface area (TPSA) is 67.2 Å². The zero-order chi connectivity index (χ0) is 18.4. The highest BCUT2D eigenvalue weighted by Crippen LogP contribution is 2.44. The Morgan fingerprint density at radius 2 is 2.08 bits per heavy atom. The smallest absolute Gasteiger partial charge is 0.418 e. The van der Waals surface area contributed by atoms with Gasteiger partial charge in [-0.15, -0.1) is 0 Å². The van der Waals surface area contributed by atoms with Gasteiger partial charge in [-0.3, -0.25) is 4.57 Å². The molecular formula is C17H21F3N2O3. The molecule has 25 heavy (non-hydrogen) atoms. The van der Waals surface area contributed by atoms with Crippen molar-refractivity contribution < 1.29 is 23.0 Å². The lowest BCUT2D eigenvalue weighted by molar-refractivity contribution is -0.136. The van der Waals surface area contributed by atoms with Gasteiger partial charge < -0.3 is 14.8 Å². The molecule has 3 rings (SSSR count). The van der Waals surface area contributed by atoms with Crippen molar-refractivity contribution in [1.29, 1.82) is 0 Å². The third-order valence-corrected chi connectivity index (χ3v) is 4.57. The Morgan fingerprint density at radius 1 is 1.40 bits per heavy atom. The van der Waals surface area contributed by atoms with Crippen molar-refractivity contribution in [2.45, 2.75) is 57.3 Å². The van der Waals surface area contributed by atoms with Crippen LogP contribution in [0.15, 0.2) is 16.9 Å². The summed E-state index contributed by atoms with van der Waals surface area (Å²) in [4.78, 5) is 14.7. The minimum Gasteiger partial charge on any atom is -0.494 e. The molecule has 0 saturated heterocycles. The maximum atomic E-state index is 13.6. The second kappa shape index (κ2) is 6.09.